The Bertz CT molecular complexity index is 504. The lowest BCUT2D eigenvalue weighted by atomic mass is 9.67. The molecule has 0 aromatic rings. The third-order valence-electron chi connectivity index (χ3n) is 5.81. The Morgan fingerprint density at radius 2 is 2.05 bits per heavy atom. The maximum Gasteiger partial charge on any atom is 0.341 e. The van der Waals surface area contributed by atoms with Gasteiger partial charge in [0.25, 0.3) is 0 Å². The number of carbonyl (C=O) groups is 2. The number of allylic oxidation sites excluding steroid dienone is 2. The van der Waals surface area contributed by atoms with Crippen LogP contribution in [0.25, 0.3) is 0 Å². The quantitative estimate of drug-likeness (QED) is 0.490. The van der Waals surface area contributed by atoms with Crippen molar-refractivity contribution in [1.82, 2.24) is 0 Å². The number of esters is 1. The average molecular weight is 262 g/mol. The highest BCUT2D eigenvalue weighted by molar-refractivity contribution is 5.99. The Morgan fingerprint density at radius 3 is 2.74 bits per heavy atom. The zero-order valence-corrected chi connectivity index (χ0v) is 11.2. The minimum atomic E-state index is -0.717. The van der Waals surface area contributed by atoms with Crippen molar-refractivity contribution in [3.05, 3.63) is 12.2 Å². The van der Waals surface area contributed by atoms with Gasteiger partial charge in [-0.15, -0.1) is 0 Å². The van der Waals surface area contributed by atoms with Crippen molar-refractivity contribution in [2.75, 3.05) is 6.61 Å². The van der Waals surface area contributed by atoms with E-state index in [1.807, 2.05) is 13.0 Å². The number of epoxide rings is 1. The summed E-state index contributed by atoms with van der Waals surface area (Å²) < 4.78 is 11.1. The zero-order chi connectivity index (χ0) is 13.4. The van der Waals surface area contributed by atoms with E-state index in [4.69, 9.17) is 9.47 Å². The van der Waals surface area contributed by atoms with Crippen LogP contribution in [-0.2, 0) is 19.1 Å². The second kappa shape index (κ2) is 3.29. The van der Waals surface area contributed by atoms with E-state index in [-0.39, 0.29) is 29.7 Å². The molecule has 2 aliphatic heterocycles. The van der Waals surface area contributed by atoms with Gasteiger partial charge in [0, 0.05) is 5.92 Å². The maximum absolute atomic E-state index is 12.4. The van der Waals surface area contributed by atoms with Gasteiger partial charge in [0.2, 0.25) is 0 Å². The molecule has 6 atom stereocenters. The Morgan fingerprint density at radius 1 is 1.32 bits per heavy atom. The molecule has 1 spiro atoms. The number of carbonyl (C=O) groups excluding carboxylic acids is 2. The molecular formula is C15H18O4. The van der Waals surface area contributed by atoms with E-state index in [9.17, 15) is 9.59 Å². The predicted octanol–water partition coefficient (Wildman–Crippen LogP) is 1.49. The molecule has 0 amide bonds. The first-order valence-corrected chi connectivity index (χ1v) is 7.08. The molecule has 0 radical (unpaired) electrons. The van der Waals surface area contributed by atoms with Gasteiger partial charge in [-0.05, 0) is 37.7 Å². The first kappa shape index (κ1) is 11.6. The van der Waals surface area contributed by atoms with Gasteiger partial charge in [-0.2, -0.15) is 0 Å². The number of hydrogen-bond donors (Lipinski definition) is 0. The smallest absolute Gasteiger partial charge is 0.341 e. The van der Waals surface area contributed by atoms with Gasteiger partial charge in [-0.1, -0.05) is 13.0 Å². The maximum atomic E-state index is 12.4. The summed E-state index contributed by atoms with van der Waals surface area (Å²) in [6.07, 6.45) is 5.30. The summed E-state index contributed by atoms with van der Waals surface area (Å²) in [6.45, 7) is 4.62. The minimum Gasteiger partial charge on any atom is -0.459 e. The fourth-order valence-electron chi connectivity index (χ4n) is 4.50. The second-order valence-corrected chi connectivity index (χ2v) is 6.70. The molecule has 3 fully saturated rings. The van der Waals surface area contributed by atoms with Crippen LogP contribution in [-0.4, -0.2) is 30.1 Å². The molecule has 0 unspecified atom stereocenters. The topological polar surface area (TPSA) is 55.9 Å². The van der Waals surface area contributed by atoms with Crippen LogP contribution < -0.4 is 0 Å². The molecular weight excluding hydrogens is 244 g/mol. The summed E-state index contributed by atoms with van der Waals surface area (Å²) in [5.74, 6) is 0.509. The molecule has 2 aliphatic carbocycles. The SMILES string of the molecule is C[C@H]1CC[C@@H]2[C@@H](OC(=O)[C@]23CO3)[C@]2(C)C(=O)C=C[C@H]12. The minimum absolute atomic E-state index is 0.0429. The Labute approximate surface area is 112 Å². The Balaban J connectivity index is 1.82. The standard InChI is InChI=1S/C15H18O4/c1-8-3-4-10-12(19-13(17)15(10)7-18-15)14(2)9(8)5-6-11(14)16/h5-6,8-10,12H,3-4,7H2,1-2H3/t8-,9+,10+,12+,14-,15-/m0/s1. The molecule has 2 heterocycles. The zero-order valence-electron chi connectivity index (χ0n) is 11.2. The summed E-state index contributed by atoms with van der Waals surface area (Å²) >= 11 is 0. The third kappa shape index (κ3) is 1.19. The lowest BCUT2D eigenvalue weighted by Gasteiger charge is -2.36. The normalized spacial score (nSPS) is 54.8. The Hall–Kier alpha value is -1.16. The number of ether oxygens (including phenoxy) is 2. The van der Waals surface area contributed by atoms with Crippen LogP contribution in [0.4, 0.5) is 0 Å². The molecule has 1 saturated carbocycles. The largest absolute Gasteiger partial charge is 0.459 e. The van der Waals surface area contributed by atoms with E-state index < -0.39 is 11.0 Å². The van der Waals surface area contributed by atoms with Crippen molar-refractivity contribution in [2.45, 2.75) is 38.4 Å². The summed E-state index contributed by atoms with van der Waals surface area (Å²) in [7, 11) is 0. The van der Waals surface area contributed by atoms with Gasteiger partial charge < -0.3 is 9.47 Å². The first-order valence-electron chi connectivity index (χ1n) is 7.08. The predicted molar refractivity (Wildman–Crippen MR) is 66.2 cm³/mol. The monoisotopic (exact) mass is 262 g/mol. The van der Waals surface area contributed by atoms with E-state index in [0.29, 0.717) is 12.5 Å². The molecule has 19 heavy (non-hydrogen) atoms. The van der Waals surface area contributed by atoms with Crippen LogP contribution in [0.2, 0.25) is 0 Å². The van der Waals surface area contributed by atoms with Crippen molar-refractivity contribution >= 4 is 11.8 Å². The average Bonchev–Trinajstić information content (AvgIpc) is 3.06. The molecule has 4 heteroatoms. The highest BCUT2D eigenvalue weighted by Crippen LogP contribution is 2.59. The molecule has 0 bridgehead atoms. The number of ketones is 1. The van der Waals surface area contributed by atoms with E-state index in [1.165, 1.54) is 0 Å². The van der Waals surface area contributed by atoms with Crippen molar-refractivity contribution < 1.29 is 19.1 Å². The van der Waals surface area contributed by atoms with Crippen LogP contribution in [0, 0.1) is 23.2 Å². The number of fused-ring (bicyclic) bond motifs is 4. The van der Waals surface area contributed by atoms with Gasteiger partial charge in [-0.25, -0.2) is 4.79 Å². The van der Waals surface area contributed by atoms with Gasteiger partial charge in [0.05, 0.1) is 12.0 Å². The molecule has 4 nitrogen and oxygen atoms in total. The summed E-state index contributed by atoms with van der Waals surface area (Å²) in [5, 5.41) is 0. The third-order valence-corrected chi connectivity index (χ3v) is 5.81. The van der Waals surface area contributed by atoms with E-state index in [2.05, 4.69) is 6.92 Å². The highest BCUT2D eigenvalue weighted by atomic mass is 16.7. The first-order chi connectivity index (χ1) is 9.00. The van der Waals surface area contributed by atoms with Gasteiger partial charge in [0.1, 0.15) is 6.10 Å². The molecule has 0 N–H and O–H groups in total. The van der Waals surface area contributed by atoms with Crippen LogP contribution in [0.15, 0.2) is 12.2 Å². The van der Waals surface area contributed by atoms with Crippen LogP contribution in [0.5, 0.6) is 0 Å². The van der Waals surface area contributed by atoms with Crippen molar-refractivity contribution in [1.29, 1.82) is 0 Å². The van der Waals surface area contributed by atoms with E-state index in [1.54, 1.807) is 6.08 Å². The van der Waals surface area contributed by atoms with Crippen molar-refractivity contribution in [3.8, 4) is 0 Å². The lowest BCUT2D eigenvalue weighted by Crippen LogP contribution is -2.46. The molecule has 0 aromatic heterocycles. The van der Waals surface area contributed by atoms with Gasteiger partial charge in [0.15, 0.2) is 11.4 Å². The number of hydrogen-bond acceptors (Lipinski definition) is 4. The fraction of sp³-hybridized carbons (Fsp3) is 0.733. The summed E-state index contributed by atoms with van der Waals surface area (Å²) in [5.41, 5.74) is -1.31. The molecule has 0 aromatic carbocycles. The van der Waals surface area contributed by atoms with E-state index >= 15 is 0 Å². The van der Waals surface area contributed by atoms with Crippen LogP contribution in [0.3, 0.4) is 0 Å². The van der Waals surface area contributed by atoms with Gasteiger partial charge in [-0.3, -0.25) is 4.79 Å². The summed E-state index contributed by atoms with van der Waals surface area (Å²) in [4.78, 5) is 24.5. The van der Waals surface area contributed by atoms with Crippen LogP contribution in [0.1, 0.15) is 26.7 Å². The number of rotatable bonds is 0. The molecule has 4 aliphatic rings. The molecule has 2 saturated heterocycles. The lowest BCUT2D eigenvalue weighted by molar-refractivity contribution is -0.153. The van der Waals surface area contributed by atoms with Gasteiger partial charge >= 0.3 is 5.97 Å². The van der Waals surface area contributed by atoms with Crippen molar-refractivity contribution in [3.63, 3.8) is 0 Å². The van der Waals surface area contributed by atoms with Crippen molar-refractivity contribution in [2.24, 2.45) is 23.2 Å². The molecule has 4 rings (SSSR count). The fourth-order valence-corrected chi connectivity index (χ4v) is 4.50. The van der Waals surface area contributed by atoms with Crippen LogP contribution >= 0.6 is 0 Å². The molecule has 102 valence electrons. The summed E-state index contributed by atoms with van der Waals surface area (Å²) in [6, 6.07) is 0. The van der Waals surface area contributed by atoms with E-state index in [0.717, 1.165) is 12.8 Å². The Kier molecular flexibility index (Phi) is 2.02. The highest BCUT2D eigenvalue weighted by Gasteiger charge is 2.72. The second-order valence-electron chi connectivity index (χ2n) is 6.70.